The van der Waals surface area contributed by atoms with Crippen molar-refractivity contribution in [2.24, 2.45) is 4.99 Å². The number of amides is 1. The third-order valence-corrected chi connectivity index (χ3v) is 4.67. The third kappa shape index (κ3) is 2.52. The summed E-state index contributed by atoms with van der Waals surface area (Å²) in [6.45, 7) is 7.40. The molecule has 0 atom stereocenters. The minimum Gasteiger partial charge on any atom is -0.287 e. The lowest BCUT2D eigenvalue weighted by Gasteiger charge is -2.11. The molecule has 2 rings (SSSR count). The van der Waals surface area contributed by atoms with Gasteiger partial charge in [-0.2, -0.15) is 0 Å². The Morgan fingerprint density at radius 3 is 2.78 bits per heavy atom. The number of thiophene rings is 1. The van der Waals surface area contributed by atoms with Crippen LogP contribution in [0.15, 0.2) is 21.3 Å². The SMILES string of the molecule is CCN=C1S/C(=C\c2sccc2C)C(=O)N1CC. The zero-order chi connectivity index (χ0) is 13.1. The summed E-state index contributed by atoms with van der Waals surface area (Å²) in [7, 11) is 0. The molecule has 1 amide bonds. The molecule has 0 radical (unpaired) electrons. The molecular formula is C13H16N2OS2. The summed E-state index contributed by atoms with van der Waals surface area (Å²) in [5, 5.41) is 2.87. The number of likely N-dealkylation sites (N-methyl/N-ethyl adjacent to an activating group) is 1. The summed E-state index contributed by atoms with van der Waals surface area (Å²) in [4.78, 5) is 20.3. The Morgan fingerprint density at radius 1 is 1.44 bits per heavy atom. The highest BCUT2D eigenvalue weighted by Gasteiger charge is 2.31. The summed E-state index contributed by atoms with van der Waals surface area (Å²) in [6.07, 6.45) is 1.98. The van der Waals surface area contributed by atoms with E-state index in [1.807, 2.05) is 25.3 Å². The van der Waals surface area contributed by atoms with Crippen LogP contribution < -0.4 is 0 Å². The molecule has 0 bridgehead atoms. The second kappa shape index (κ2) is 5.71. The van der Waals surface area contributed by atoms with E-state index in [1.54, 1.807) is 16.2 Å². The molecule has 1 saturated heterocycles. The predicted molar refractivity (Wildman–Crippen MR) is 80.0 cm³/mol. The number of rotatable bonds is 3. The normalized spacial score (nSPS) is 20.4. The van der Waals surface area contributed by atoms with Crippen LogP contribution in [0.3, 0.4) is 0 Å². The molecule has 5 heteroatoms. The van der Waals surface area contributed by atoms with Gasteiger partial charge in [-0.1, -0.05) is 0 Å². The number of aryl methyl sites for hydroxylation is 1. The molecule has 0 aromatic carbocycles. The Hall–Kier alpha value is -1.07. The summed E-state index contributed by atoms with van der Waals surface area (Å²) >= 11 is 3.14. The van der Waals surface area contributed by atoms with Crippen LogP contribution in [0.5, 0.6) is 0 Å². The van der Waals surface area contributed by atoms with E-state index in [0.29, 0.717) is 13.1 Å². The molecule has 0 spiro atoms. The second-order valence-electron chi connectivity index (χ2n) is 3.88. The number of hydrogen-bond donors (Lipinski definition) is 0. The number of carbonyl (C=O) groups excluding carboxylic acids is 1. The van der Waals surface area contributed by atoms with Crippen LogP contribution in [0.1, 0.15) is 24.3 Å². The maximum Gasteiger partial charge on any atom is 0.266 e. The highest BCUT2D eigenvalue weighted by atomic mass is 32.2. The van der Waals surface area contributed by atoms with Crippen LogP contribution in [0, 0.1) is 6.92 Å². The van der Waals surface area contributed by atoms with Gasteiger partial charge in [-0.3, -0.25) is 14.7 Å². The van der Waals surface area contributed by atoms with Crippen molar-refractivity contribution >= 4 is 40.2 Å². The van der Waals surface area contributed by atoms with Crippen molar-refractivity contribution in [3.63, 3.8) is 0 Å². The smallest absolute Gasteiger partial charge is 0.266 e. The molecule has 1 aliphatic heterocycles. The van der Waals surface area contributed by atoms with Gasteiger partial charge in [-0.15, -0.1) is 11.3 Å². The van der Waals surface area contributed by atoms with Gasteiger partial charge in [0.1, 0.15) is 0 Å². The van der Waals surface area contributed by atoms with Gasteiger partial charge < -0.3 is 0 Å². The number of hydrogen-bond acceptors (Lipinski definition) is 4. The van der Waals surface area contributed by atoms with Gasteiger partial charge in [0, 0.05) is 18.0 Å². The Bertz CT molecular complexity index is 517. The van der Waals surface area contributed by atoms with Crippen molar-refractivity contribution in [2.75, 3.05) is 13.1 Å². The average Bonchev–Trinajstić information content (AvgIpc) is 2.86. The Labute approximate surface area is 116 Å². The van der Waals surface area contributed by atoms with E-state index < -0.39 is 0 Å². The molecule has 2 heterocycles. The zero-order valence-electron chi connectivity index (χ0n) is 10.8. The van der Waals surface area contributed by atoms with Crippen LogP contribution in [0.2, 0.25) is 0 Å². The summed E-state index contributed by atoms with van der Waals surface area (Å²) < 4.78 is 0. The quantitative estimate of drug-likeness (QED) is 0.795. The fourth-order valence-electron chi connectivity index (χ4n) is 1.69. The number of nitrogens with zero attached hydrogens (tertiary/aromatic N) is 2. The summed E-state index contributed by atoms with van der Waals surface area (Å²) in [5.41, 5.74) is 1.21. The predicted octanol–water partition coefficient (Wildman–Crippen LogP) is 3.37. The lowest BCUT2D eigenvalue weighted by atomic mass is 10.2. The lowest BCUT2D eigenvalue weighted by molar-refractivity contribution is -0.122. The van der Waals surface area contributed by atoms with E-state index in [2.05, 4.69) is 18.0 Å². The van der Waals surface area contributed by atoms with Crippen LogP contribution in [-0.2, 0) is 4.79 Å². The first-order valence-corrected chi connectivity index (χ1v) is 7.67. The van der Waals surface area contributed by atoms with Crippen LogP contribution in [0.4, 0.5) is 0 Å². The monoisotopic (exact) mass is 280 g/mol. The lowest BCUT2D eigenvalue weighted by Crippen LogP contribution is -2.28. The molecule has 3 nitrogen and oxygen atoms in total. The van der Waals surface area contributed by atoms with Crippen molar-refractivity contribution in [2.45, 2.75) is 20.8 Å². The second-order valence-corrected chi connectivity index (χ2v) is 5.84. The molecule has 0 saturated carbocycles. The molecule has 1 aromatic heterocycles. The Kier molecular flexibility index (Phi) is 4.24. The van der Waals surface area contributed by atoms with Gasteiger partial charge in [-0.25, -0.2) is 0 Å². The van der Waals surface area contributed by atoms with Crippen molar-refractivity contribution in [1.29, 1.82) is 0 Å². The van der Waals surface area contributed by atoms with E-state index in [0.717, 1.165) is 14.9 Å². The minimum atomic E-state index is 0.0718. The Balaban J connectivity index is 2.32. The number of amidine groups is 1. The first-order chi connectivity index (χ1) is 8.67. The van der Waals surface area contributed by atoms with Crippen molar-refractivity contribution < 1.29 is 4.79 Å². The van der Waals surface area contributed by atoms with Crippen LogP contribution >= 0.6 is 23.1 Å². The van der Waals surface area contributed by atoms with Crippen LogP contribution in [-0.4, -0.2) is 29.1 Å². The highest BCUT2D eigenvalue weighted by Crippen LogP contribution is 2.33. The van der Waals surface area contributed by atoms with Gasteiger partial charge in [-0.05, 0) is 55.6 Å². The summed E-state index contributed by atoms with van der Waals surface area (Å²) in [6, 6.07) is 2.07. The van der Waals surface area contributed by atoms with Crippen molar-refractivity contribution in [3.05, 3.63) is 26.8 Å². The molecule has 96 valence electrons. The highest BCUT2D eigenvalue weighted by molar-refractivity contribution is 8.18. The van der Waals surface area contributed by atoms with Gasteiger partial charge in [0.15, 0.2) is 5.17 Å². The molecule has 1 aliphatic rings. The van der Waals surface area contributed by atoms with Crippen molar-refractivity contribution in [3.8, 4) is 0 Å². The van der Waals surface area contributed by atoms with Gasteiger partial charge in [0.2, 0.25) is 0 Å². The maximum absolute atomic E-state index is 12.2. The topological polar surface area (TPSA) is 32.7 Å². The van der Waals surface area contributed by atoms with Gasteiger partial charge >= 0.3 is 0 Å². The molecule has 18 heavy (non-hydrogen) atoms. The average molecular weight is 280 g/mol. The molecule has 0 unspecified atom stereocenters. The molecule has 1 fully saturated rings. The van der Waals surface area contributed by atoms with E-state index in [1.165, 1.54) is 17.3 Å². The maximum atomic E-state index is 12.2. The molecular weight excluding hydrogens is 264 g/mol. The summed E-state index contributed by atoms with van der Waals surface area (Å²) in [5.74, 6) is 0.0718. The first kappa shape index (κ1) is 13.4. The molecule has 0 aliphatic carbocycles. The number of carbonyl (C=O) groups is 1. The standard InChI is InChI=1S/C13H16N2OS2/c1-4-14-13-15(5-2)12(16)11(18-13)8-10-9(3)6-7-17-10/h6-8H,4-5H2,1-3H3/b11-8-,14-13?. The van der Waals surface area contributed by atoms with E-state index in [9.17, 15) is 4.79 Å². The third-order valence-electron chi connectivity index (χ3n) is 2.66. The number of thioether (sulfide) groups is 1. The largest absolute Gasteiger partial charge is 0.287 e. The van der Waals surface area contributed by atoms with Crippen molar-refractivity contribution in [1.82, 2.24) is 4.90 Å². The number of aliphatic imine (C=N–C) groups is 1. The first-order valence-electron chi connectivity index (χ1n) is 5.97. The Morgan fingerprint density at radius 2 is 2.22 bits per heavy atom. The fraction of sp³-hybridized carbons (Fsp3) is 0.385. The minimum absolute atomic E-state index is 0.0718. The molecule has 1 aromatic rings. The van der Waals surface area contributed by atoms with E-state index in [-0.39, 0.29) is 5.91 Å². The zero-order valence-corrected chi connectivity index (χ0v) is 12.4. The van der Waals surface area contributed by atoms with Gasteiger partial charge in [0.05, 0.1) is 4.91 Å². The molecule has 0 N–H and O–H groups in total. The van der Waals surface area contributed by atoms with E-state index >= 15 is 0 Å². The van der Waals surface area contributed by atoms with E-state index in [4.69, 9.17) is 0 Å². The fourth-order valence-corrected chi connectivity index (χ4v) is 3.71. The van der Waals surface area contributed by atoms with Gasteiger partial charge in [0.25, 0.3) is 5.91 Å². The van der Waals surface area contributed by atoms with Crippen LogP contribution in [0.25, 0.3) is 6.08 Å².